The lowest BCUT2D eigenvalue weighted by Crippen LogP contribution is -2.43. The molecule has 8 heteroatoms. The summed E-state index contributed by atoms with van der Waals surface area (Å²) >= 11 is 0. The summed E-state index contributed by atoms with van der Waals surface area (Å²) in [5.74, 6) is 1.98. The summed E-state index contributed by atoms with van der Waals surface area (Å²) in [6.07, 6.45) is 6.25. The molecule has 0 amide bonds. The van der Waals surface area contributed by atoms with Gasteiger partial charge in [-0.1, -0.05) is 18.0 Å². The van der Waals surface area contributed by atoms with Gasteiger partial charge in [0, 0.05) is 33.2 Å². The molecular formula is C17H32IN5O2. The molecule has 144 valence electrons. The number of guanidine groups is 1. The van der Waals surface area contributed by atoms with Crippen molar-refractivity contribution in [3.63, 3.8) is 0 Å². The molecule has 1 aromatic heterocycles. The summed E-state index contributed by atoms with van der Waals surface area (Å²) in [6, 6.07) is 0. The summed E-state index contributed by atoms with van der Waals surface area (Å²) in [6.45, 7) is 9.70. The van der Waals surface area contributed by atoms with Crippen LogP contribution in [0.5, 0.6) is 0 Å². The molecule has 2 N–H and O–H groups in total. The molecule has 7 nitrogen and oxygen atoms in total. The summed E-state index contributed by atoms with van der Waals surface area (Å²) in [4.78, 5) is 8.75. The van der Waals surface area contributed by atoms with Crippen LogP contribution in [0.3, 0.4) is 0 Å². The van der Waals surface area contributed by atoms with E-state index in [1.165, 1.54) is 25.7 Å². The van der Waals surface area contributed by atoms with Crippen molar-refractivity contribution in [2.75, 3.05) is 26.3 Å². The highest BCUT2D eigenvalue weighted by molar-refractivity contribution is 14.0. The van der Waals surface area contributed by atoms with Crippen LogP contribution in [0.2, 0.25) is 0 Å². The number of hydrogen-bond donors (Lipinski definition) is 2. The second-order valence-electron chi connectivity index (χ2n) is 6.43. The molecule has 0 aromatic carbocycles. The van der Waals surface area contributed by atoms with Crippen LogP contribution in [0.1, 0.15) is 57.7 Å². The average Bonchev–Trinajstić information content (AvgIpc) is 3.20. The molecule has 25 heavy (non-hydrogen) atoms. The Kier molecular flexibility index (Phi) is 10.3. The van der Waals surface area contributed by atoms with Crippen LogP contribution >= 0.6 is 24.0 Å². The van der Waals surface area contributed by atoms with E-state index in [1.54, 1.807) is 6.92 Å². The molecule has 2 rings (SSSR count). The van der Waals surface area contributed by atoms with Crippen molar-refractivity contribution < 1.29 is 9.26 Å². The van der Waals surface area contributed by atoms with Gasteiger partial charge < -0.3 is 19.9 Å². The Hall–Kier alpha value is -0.900. The van der Waals surface area contributed by atoms with Gasteiger partial charge in [0.05, 0.1) is 0 Å². The Labute approximate surface area is 167 Å². The van der Waals surface area contributed by atoms with E-state index in [0.29, 0.717) is 23.7 Å². The summed E-state index contributed by atoms with van der Waals surface area (Å²) in [5, 5.41) is 10.7. The van der Waals surface area contributed by atoms with Crippen LogP contribution < -0.4 is 10.6 Å². The van der Waals surface area contributed by atoms with Crippen LogP contribution in [0.15, 0.2) is 9.52 Å². The monoisotopic (exact) mass is 465 g/mol. The fraction of sp³-hybridized carbons (Fsp3) is 0.824. The molecule has 0 spiro atoms. The van der Waals surface area contributed by atoms with Gasteiger partial charge in [0.1, 0.15) is 6.54 Å². The van der Waals surface area contributed by atoms with Gasteiger partial charge in [-0.15, -0.1) is 24.0 Å². The zero-order valence-electron chi connectivity index (χ0n) is 15.6. The van der Waals surface area contributed by atoms with Crippen LogP contribution in [0, 0.1) is 12.3 Å². The minimum absolute atomic E-state index is 0. The number of aryl methyl sites for hydroxylation is 1. The number of rotatable bonds is 9. The van der Waals surface area contributed by atoms with Crippen molar-refractivity contribution in [1.82, 2.24) is 20.8 Å². The molecule has 1 heterocycles. The smallest absolute Gasteiger partial charge is 0.223 e. The lowest BCUT2D eigenvalue weighted by molar-refractivity contribution is 0.105. The highest BCUT2D eigenvalue weighted by Crippen LogP contribution is 2.40. The molecule has 0 atom stereocenters. The standard InChI is InChI=1S/C17H31N5O2.HI/c1-4-18-16(19-12-15-21-14(3)24-22-15)20-13-17(8-6-7-9-17)10-11-23-5-2;/h4-13H2,1-3H3,(H2,18,19,20);1H. The number of nitrogens with one attached hydrogen (secondary N) is 2. The van der Waals surface area contributed by atoms with E-state index in [4.69, 9.17) is 9.26 Å². The highest BCUT2D eigenvalue weighted by atomic mass is 127. The molecule has 0 aliphatic heterocycles. The number of hydrogen-bond acceptors (Lipinski definition) is 5. The van der Waals surface area contributed by atoms with E-state index < -0.39 is 0 Å². The molecule has 1 saturated carbocycles. The molecule has 0 bridgehead atoms. The van der Waals surface area contributed by atoms with Crippen LogP contribution in [0.4, 0.5) is 0 Å². The lowest BCUT2D eigenvalue weighted by Gasteiger charge is -2.30. The Morgan fingerprint density at radius 3 is 2.64 bits per heavy atom. The Bertz CT molecular complexity index is 515. The lowest BCUT2D eigenvalue weighted by atomic mass is 9.83. The first-order chi connectivity index (χ1) is 11.7. The molecule has 1 aliphatic carbocycles. The fourth-order valence-corrected chi connectivity index (χ4v) is 3.24. The Morgan fingerprint density at radius 1 is 1.28 bits per heavy atom. The molecular weight excluding hydrogens is 433 g/mol. The minimum atomic E-state index is 0. The third-order valence-electron chi connectivity index (χ3n) is 4.57. The SMILES string of the molecule is CCNC(=NCc1noc(C)n1)NCC1(CCOCC)CCCC1.I. The summed E-state index contributed by atoms with van der Waals surface area (Å²) in [7, 11) is 0. The van der Waals surface area contributed by atoms with Gasteiger partial charge in [-0.25, -0.2) is 4.99 Å². The van der Waals surface area contributed by atoms with Gasteiger partial charge in [0.2, 0.25) is 5.89 Å². The number of aromatic nitrogens is 2. The van der Waals surface area contributed by atoms with Gasteiger partial charge in [-0.2, -0.15) is 4.98 Å². The van der Waals surface area contributed by atoms with E-state index in [9.17, 15) is 0 Å². The van der Waals surface area contributed by atoms with Crippen LogP contribution in [-0.4, -0.2) is 42.4 Å². The average molecular weight is 465 g/mol. The van der Waals surface area contributed by atoms with Crippen LogP contribution in [-0.2, 0) is 11.3 Å². The normalized spacial score (nSPS) is 16.5. The third-order valence-corrected chi connectivity index (χ3v) is 4.57. The number of aliphatic imine (C=N–C) groups is 1. The van der Waals surface area contributed by atoms with Crippen molar-refractivity contribution in [3.8, 4) is 0 Å². The van der Waals surface area contributed by atoms with E-state index in [1.807, 2.05) is 0 Å². The highest BCUT2D eigenvalue weighted by Gasteiger charge is 2.33. The van der Waals surface area contributed by atoms with Gasteiger partial charge in [-0.3, -0.25) is 0 Å². The van der Waals surface area contributed by atoms with E-state index in [0.717, 1.165) is 38.7 Å². The topological polar surface area (TPSA) is 84.6 Å². The van der Waals surface area contributed by atoms with E-state index in [-0.39, 0.29) is 24.0 Å². The predicted molar refractivity (Wildman–Crippen MR) is 109 cm³/mol. The molecule has 0 saturated heterocycles. The predicted octanol–water partition coefficient (Wildman–Crippen LogP) is 3.04. The Balaban J connectivity index is 0.00000312. The third kappa shape index (κ3) is 7.47. The van der Waals surface area contributed by atoms with Crippen molar-refractivity contribution in [2.45, 2.75) is 59.4 Å². The van der Waals surface area contributed by atoms with Gasteiger partial charge in [-0.05, 0) is 38.5 Å². The first-order valence-electron chi connectivity index (χ1n) is 9.06. The molecule has 0 radical (unpaired) electrons. The zero-order valence-corrected chi connectivity index (χ0v) is 18.0. The van der Waals surface area contributed by atoms with Gasteiger partial charge >= 0.3 is 0 Å². The number of nitrogens with zero attached hydrogens (tertiary/aromatic N) is 3. The number of halogens is 1. The molecule has 1 fully saturated rings. The first-order valence-corrected chi connectivity index (χ1v) is 9.06. The van der Waals surface area contributed by atoms with Crippen molar-refractivity contribution in [3.05, 3.63) is 11.7 Å². The summed E-state index contributed by atoms with van der Waals surface area (Å²) < 4.78 is 10.6. The zero-order chi connectivity index (χ0) is 17.3. The quantitative estimate of drug-likeness (QED) is 0.253. The van der Waals surface area contributed by atoms with E-state index >= 15 is 0 Å². The van der Waals surface area contributed by atoms with Crippen molar-refractivity contribution in [2.24, 2.45) is 10.4 Å². The maximum Gasteiger partial charge on any atom is 0.223 e. The maximum absolute atomic E-state index is 5.58. The number of ether oxygens (including phenoxy) is 1. The minimum Gasteiger partial charge on any atom is -0.382 e. The maximum atomic E-state index is 5.58. The largest absolute Gasteiger partial charge is 0.382 e. The van der Waals surface area contributed by atoms with Crippen molar-refractivity contribution >= 4 is 29.9 Å². The first kappa shape index (κ1) is 22.1. The molecule has 1 aromatic rings. The summed E-state index contributed by atoms with van der Waals surface area (Å²) in [5.41, 5.74) is 0.327. The van der Waals surface area contributed by atoms with Gasteiger partial charge in [0.15, 0.2) is 11.8 Å². The second kappa shape index (κ2) is 11.7. The second-order valence-corrected chi connectivity index (χ2v) is 6.43. The molecule has 1 aliphatic rings. The molecule has 0 unspecified atom stereocenters. The van der Waals surface area contributed by atoms with Gasteiger partial charge in [0.25, 0.3) is 0 Å². The van der Waals surface area contributed by atoms with Crippen LogP contribution in [0.25, 0.3) is 0 Å². The fourth-order valence-electron chi connectivity index (χ4n) is 3.24. The van der Waals surface area contributed by atoms with Crippen molar-refractivity contribution in [1.29, 1.82) is 0 Å². The Morgan fingerprint density at radius 2 is 2.04 bits per heavy atom. The van der Waals surface area contributed by atoms with E-state index in [2.05, 4.69) is 39.6 Å².